The number of rotatable bonds is 5. The Kier molecular flexibility index (Phi) is 5.56. The third kappa shape index (κ3) is 4.29. The molecule has 3 rings (SSSR count). The summed E-state index contributed by atoms with van der Waals surface area (Å²) in [6.45, 7) is 3.52. The van der Waals surface area contributed by atoms with E-state index in [4.69, 9.17) is 0 Å². The smallest absolute Gasteiger partial charge is 0.252 e. The number of hydrogen-bond donors (Lipinski definition) is 0. The average molecular weight is 379 g/mol. The summed E-state index contributed by atoms with van der Waals surface area (Å²) in [6.07, 6.45) is 1.17. The minimum absolute atomic E-state index is 0.0906. The normalized spacial score (nSPS) is 16.1. The van der Waals surface area contributed by atoms with Gasteiger partial charge < -0.3 is 4.90 Å². The molecule has 7 heteroatoms. The molecule has 0 saturated carbocycles. The molecule has 2 heterocycles. The molecule has 1 aliphatic heterocycles. The molecule has 0 aliphatic carbocycles. The molecule has 1 aliphatic rings. The summed E-state index contributed by atoms with van der Waals surface area (Å²) in [5.74, 6) is 0.0906. The maximum atomic E-state index is 12.6. The van der Waals surface area contributed by atoms with Gasteiger partial charge in [0.05, 0.1) is 0 Å². The van der Waals surface area contributed by atoms with Crippen LogP contribution in [0.4, 0.5) is 0 Å². The fourth-order valence-electron chi connectivity index (χ4n) is 2.91. The Hall–Kier alpha value is -1.70. The second-order valence-corrected chi connectivity index (χ2v) is 9.59. The van der Waals surface area contributed by atoms with Gasteiger partial charge in [-0.1, -0.05) is 30.3 Å². The van der Waals surface area contributed by atoms with Crippen molar-refractivity contribution in [1.29, 1.82) is 0 Å². The minimum atomic E-state index is -3.43. The van der Waals surface area contributed by atoms with E-state index in [2.05, 4.69) is 0 Å². The van der Waals surface area contributed by atoms with Crippen LogP contribution in [0.25, 0.3) is 0 Å². The van der Waals surface area contributed by atoms with Crippen LogP contribution in [0.1, 0.15) is 16.9 Å². The van der Waals surface area contributed by atoms with Gasteiger partial charge in [0.1, 0.15) is 4.21 Å². The molecule has 0 bridgehead atoms. The van der Waals surface area contributed by atoms with Crippen molar-refractivity contribution in [3.05, 3.63) is 52.9 Å². The molecular formula is C18H22N2O3S2. The summed E-state index contributed by atoms with van der Waals surface area (Å²) < 4.78 is 27.1. The Balaban J connectivity index is 1.54. The number of benzene rings is 1. The van der Waals surface area contributed by atoms with E-state index < -0.39 is 10.0 Å². The first-order chi connectivity index (χ1) is 12.0. The van der Waals surface area contributed by atoms with Crippen LogP contribution in [-0.4, -0.2) is 49.7 Å². The first-order valence-electron chi connectivity index (χ1n) is 8.35. The summed E-state index contributed by atoms with van der Waals surface area (Å²) in [5.41, 5.74) is 1.14. The molecule has 134 valence electrons. The topological polar surface area (TPSA) is 57.7 Å². The Morgan fingerprint density at radius 2 is 1.72 bits per heavy atom. The number of sulfonamides is 1. The van der Waals surface area contributed by atoms with Crippen LogP contribution in [0.15, 0.2) is 46.7 Å². The van der Waals surface area contributed by atoms with Crippen molar-refractivity contribution >= 4 is 27.3 Å². The molecule has 0 spiro atoms. The molecule has 2 aromatic rings. The Bertz CT molecular complexity index is 823. The van der Waals surface area contributed by atoms with Gasteiger partial charge in [0, 0.05) is 37.5 Å². The molecule has 0 radical (unpaired) electrons. The number of aryl methyl sites for hydroxylation is 2. The molecule has 25 heavy (non-hydrogen) atoms. The Morgan fingerprint density at radius 3 is 2.32 bits per heavy atom. The van der Waals surface area contributed by atoms with Crippen LogP contribution in [0.5, 0.6) is 0 Å². The zero-order valence-electron chi connectivity index (χ0n) is 14.2. The van der Waals surface area contributed by atoms with E-state index in [1.807, 2.05) is 43.3 Å². The number of hydrogen-bond acceptors (Lipinski definition) is 4. The second-order valence-electron chi connectivity index (χ2n) is 6.14. The fraction of sp³-hybridized carbons (Fsp3) is 0.389. The molecule has 0 unspecified atom stereocenters. The first-order valence-corrected chi connectivity index (χ1v) is 10.6. The van der Waals surface area contributed by atoms with Crippen LogP contribution in [0, 0.1) is 6.92 Å². The molecule has 1 amide bonds. The molecule has 5 nitrogen and oxygen atoms in total. The Labute approximate surface area is 152 Å². The quantitative estimate of drug-likeness (QED) is 0.803. The zero-order chi connectivity index (χ0) is 17.9. The number of piperazine rings is 1. The predicted molar refractivity (Wildman–Crippen MR) is 99.2 cm³/mol. The minimum Gasteiger partial charge on any atom is -0.340 e. The van der Waals surface area contributed by atoms with Crippen molar-refractivity contribution in [3.63, 3.8) is 0 Å². The zero-order valence-corrected chi connectivity index (χ0v) is 15.9. The van der Waals surface area contributed by atoms with Crippen LogP contribution < -0.4 is 0 Å². The molecule has 0 N–H and O–H groups in total. The van der Waals surface area contributed by atoms with Crippen molar-refractivity contribution < 1.29 is 13.2 Å². The van der Waals surface area contributed by atoms with Gasteiger partial charge in [-0.3, -0.25) is 4.79 Å². The van der Waals surface area contributed by atoms with Crippen LogP contribution in [0.2, 0.25) is 0 Å². The van der Waals surface area contributed by atoms with Gasteiger partial charge in [0.25, 0.3) is 10.0 Å². The molecule has 1 fully saturated rings. The van der Waals surface area contributed by atoms with Gasteiger partial charge in [-0.15, -0.1) is 11.3 Å². The monoisotopic (exact) mass is 378 g/mol. The highest BCUT2D eigenvalue weighted by Crippen LogP contribution is 2.25. The van der Waals surface area contributed by atoms with Crippen molar-refractivity contribution in [2.45, 2.75) is 24.0 Å². The van der Waals surface area contributed by atoms with Crippen LogP contribution in [-0.2, 0) is 21.2 Å². The van der Waals surface area contributed by atoms with Crippen LogP contribution >= 0.6 is 11.3 Å². The summed E-state index contributed by atoms with van der Waals surface area (Å²) in [5, 5.41) is 0. The number of nitrogens with zero attached hydrogens (tertiary/aromatic N) is 2. The van der Waals surface area contributed by atoms with Crippen molar-refractivity contribution in [1.82, 2.24) is 9.21 Å². The highest BCUT2D eigenvalue weighted by molar-refractivity contribution is 7.91. The van der Waals surface area contributed by atoms with Gasteiger partial charge in [0.15, 0.2) is 0 Å². The van der Waals surface area contributed by atoms with E-state index in [1.54, 1.807) is 11.0 Å². The van der Waals surface area contributed by atoms with E-state index >= 15 is 0 Å². The fourth-order valence-corrected chi connectivity index (χ4v) is 5.77. The third-order valence-corrected chi connectivity index (χ3v) is 7.74. The number of amides is 1. The van der Waals surface area contributed by atoms with Gasteiger partial charge in [-0.05, 0) is 31.0 Å². The highest BCUT2D eigenvalue weighted by Gasteiger charge is 2.30. The molecule has 1 aromatic carbocycles. The lowest BCUT2D eigenvalue weighted by atomic mass is 10.1. The second kappa shape index (κ2) is 7.68. The maximum Gasteiger partial charge on any atom is 0.252 e. The number of carbonyl (C=O) groups is 1. The lowest BCUT2D eigenvalue weighted by Gasteiger charge is -2.33. The van der Waals surface area contributed by atoms with Crippen molar-refractivity contribution in [2.75, 3.05) is 26.2 Å². The van der Waals surface area contributed by atoms with Gasteiger partial charge >= 0.3 is 0 Å². The van der Waals surface area contributed by atoms with Crippen LogP contribution in [0.3, 0.4) is 0 Å². The summed E-state index contributed by atoms with van der Waals surface area (Å²) >= 11 is 1.29. The molecule has 0 atom stereocenters. The summed E-state index contributed by atoms with van der Waals surface area (Å²) in [7, 11) is -3.43. The van der Waals surface area contributed by atoms with E-state index in [9.17, 15) is 13.2 Å². The van der Waals surface area contributed by atoms with Crippen molar-refractivity contribution in [2.24, 2.45) is 0 Å². The summed E-state index contributed by atoms with van der Waals surface area (Å²) in [6, 6.07) is 13.4. The lowest BCUT2D eigenvalue weighted by Crippen LogP contribution is -2.50. The lowest BCUT2D eigenvalue weighted by molar-refractivity contribution is -0.132. The molecule has 1 aromatic heterocycles. The number of thiophene rings is 1. The predicted octanol–water partition coefficient (Wildman–Crippen LogP) is 2.52. The first kappa shape index (κ1) is 18.1. The van der Waals surface area contributed by atoms with Crippen molar-refractivity contribution in [3.8, 4) is 0 Å². The van der Waals surface area contributed by atoms with Gasteiger partial charge in [-0.25, -0.2) is 8.42 Å². The number of carbonyl (C=O) groups excluding carboxylic acids is 1. The van der Waals surface area contributed by atoms with E-state index in [0.29, 0.717) is 43.2 Å². The maximum absolute atomic E-state index is 12.6. The third-order valence-electron chi connectivity index (χ3n) is 4.37. The van der Waals surface area contributed by atoms with E-state index in [0.717, 1.165) is 10.4 Å². The standard InChI is InChI=1S/C18H22N2O3S2/c1-15-7-10-18(24-15)25(22,23)20-13-11-19(12-14-20)17(21)9-8-16-5-3-2-4-6-16/h2-7,10H,8-9,11-14H2,1H3. The highest BCUT2D eigenvalue weighted by atomic mass is 32.2. The summed E-state index contributed by atoms with van der Waals surface area (Å²) in [4.78, 5) is 15.1. The average Bonchev–Trinajstić information content (AvgIpc) is 3.08. The largest absolute Gasteiger partial charge is 0.340 e. The van der Waals surface area contributed by atoms with E-state index in [1.165, 1.54) is 15.6 Å². The molecular weight excluding hydrogens is 356 g/mol. The SMILES string of the molecule is Cc1ccc(S(=O)(=O)N2CCN(C(=O)CCc3ccccc3)CC2)s1. The molecule has 1 saturated heterocycles. The van der Waals surface area contributed by atoms with E-state index in [-0.39, 0.29) is 5.91 Å². The van der Waals surface area contributed by atoms with Gasteiger partial charge in [0.2, 0.25) is 5.91 Å². The van der Waals surface area contributed by atoms with Gasteiger partial charge in [-0.2, -0.15) is 4.31 Å². The Morgan fingerprint density at radius 1 is 1.04 bits per heavy atom.